The highest BCUT2D eigenvalue weighted by molar-refractivity contribution is 9.10. The minimum Gasteiger partial charge on any atom is -0.370 e. The zero-order valence-electron chi connectivity index (χ0n) is 12.8. The second kappa shape index (κ2) is 7.94. The van der Waals surface area contributed by atoms with Gasteiger partial charge in [-0.25, -0.2) is 4.98 Å². The van der Waals surface area contributed by atoms with Crippen molar-refractivity contribution in [3.8, 4) is 0 Å². The second-order valence-corrected chi connectivity index (χ2v) is 6.00. The Balaban J connectivity index is 2.07. The van der Waals surface area contributed by atoms with Crippen LogP contribution in [-0.4, -0.2) is 17.4 Å². The van der Waals surface area contributed by atoms with Gasteiger partial charge < -0.3 is 10.6 Å². The van der Waals surface area contributed by atoms with Gasteiger partial charge in [-0.05, 0) is 59.1 Å². The number of halogens is 1. The van der Waals surface area contributed by atoms with E-state index in [1.807, 2.05) is 25.1 Å². The fourth-order valence-corrected chi connectivity index (χ4v) is 2.57. The molecule has 0 saturated heterocycles. The van der Waals surface area contributed by atoms with Crippen LogP contribution in [0, 0.1) is 6.92 Å². The molecule has 1 heterocycles. The summed E-state index contributed by atoms with van der Waals surface area (Å²) in [7, 11) is 0. The normalized spacial score (nSPS) is 10.3. The number of nitrogens with one attached hydrogen (secondary N) is 2. The quantitative estimate of drug-likeness (QED) is 0.738. The van der Waals surface area contributed by atoms with Crippen molar-refractivity contribution in [1.29, 1.82) is 0 Å². The second-order valence-electron chi connectivity index (χ2n) is 5.15. The Morgan fingerprint density at radius 1 is 1.27 bits per heavy atom. The van der Waals surface area contributed by atoms with Crippen molar-refractivity contribution in [2.24, 2.45) is 0 Å². The molecule has 1 amide bonds. The first-order chi connectivity index (χ1) is 10.6. The molecular formula is C17H20BrN3O. The molecule has 0 saturated carbocycles. The van der Waals surface area contributed by atoms with Crippen LogP contribution in [-0.2, 0) is 0 Å². The van der Waals surface area contributed by atoms with Crippen LogP contribution in [0.4, 0.5) is 11.5 Å². The molecule has 0 aliphatic rings. The van der Waals surface area contributed by atoms with Gasteiger partial charge >= 0.3 is 0 Å². The number of hydrogen-bond acceptors (Lipinski definition) is 3. The fourth-order valence-electron chi connectivity index (χ4n) is 1.98. The van der Waals surface area contributed by atoms with Crippen LogP contribution in [0.3, 0.4) is 0 Å². The van der Waals surface area contributed by atoms with E-state index in [4.69, 9.17) is 0 Å². The van der Waals surface area contributed by atoms with Crippen LogP contribution < -0.4 is 10.6 Å². The van der Waals surface area contributed by atoms with E-state index >= 15 is 0 Å². The number of carbonyl (C=O) groups excluding carboxylic acids is 1. The van der Waals surface area contributed by atoms with E-state index < -0.39 is 0 Å². The van der Waals surface area contributed by atoms with Gasteiger partial charge in [-0.1, -0.05) is 19.4 Å². The molecule has 0 radical (unpaired) electrons. The minimum absolute atomic E-state index is 0.148. The Labute approximate surface area is 139 Å². The summed E-state index contributed by atoms with van der Waals surface area (Å²) >= 11 is 3.47. The lowest BCUT2D eigenvalue weighted by atomic mass is 10.2. The molecule has 116 valence electrons. The van der Waals surface area contributed by atoms with Crippen LogP contribution in [0.25, 0.3) is 0 Å². The number of unbranched alkanes of at least 4 members (excludes halogenated alkanes) is 1. The third-order valence-electron chi connectivity index (χ3n) is 3.23. The molecule has 0 aliphatic heterocycles. The first-order valence-corrected chi connectivity index (χ1v) is 8.17. The molecule has 0 atom stereocenters. The third kappa shape index (κ3) is 4.56. The summed E-state index contributed by atoms with van der Waals surface area (Å²) in [6.07, 6.45) is 3.84. The number of aromatic nitrogens is 1. The summed E-state index contributed by atoms with van der Waals surface area (Å²) in [5.74, 6) is 0.578. The number of amides is 1. The lowest BCUT2D eigenvalue weighted by Gasteiger charge is -2.09. The van der Waals surface area contributed by atoms with Gasteiger partial charge in [0.1, 0.15) is 5.82 Å². The fraction of sp³-hybridized carbons (Fsp3) is 0.294. The molecule has 0 bridgehead atoms. The van der Waals surface area contributed by atoms with E-state index in [-0.39, 0.29) is 5.91 Å². The molecule has 4 nitrogen and oxygen atoms in total. The van der Waals surface area contributed by atoms with Gasteiger partial charge in [0.05, 0.1) is 5.69 Å². The first-order valence-electron chi connectivity index (χ1n) is 7.37. The summed E-state index contributed by atoms with van der Waals surface area (Å²) in [4.78, 5) is 16.6. The largest absolute Gasteiger partial charge is 0.370 e. The number of rotatable bonds is 6. The van der Waals surface area contributed by atoms with Crippen LogP contribution in [0.15, 0.2) is 41.0 Å². The van der Waals surface area contributed by atoms with Crippen molar-refractivity contribution in [3.05, 3.63) is 52.1 Å². The maximum atomic E-state index is 12.3. The molecule has 1 aromatic heterocycles. The minimum atomic E-state index is -0.148. The zero-order valence-corrected chi connectivity index (χ0v) is 14.4. The number of benzene rings is 1. The van der Waals surface area contributed by atoms with Gasteiger partial charge in [-0.3, -0.25) is 4.79 Å². The van der Waals surface area contributed by atoms with Gasteiger partial charge in [0, 0.05) is 22.8 Å². The van der Waals surface area contributed by atoms with Crippen LogP contribution >= 0.6 is 15.9 Å². The Morgan fingerprint density at radius 3 is 2.82 bits per heavy atom. The number of nitrogens with zero attached hydrogens (tertiary/aromatic N) is 1. The topological polar surface area (TPSA) is 54.0 Å². The Kier molecular flexibility index (Phi) is 5.95. The molecule has 1 aromatic carbocycles. The predicted molar refractivity (Wildman–Crippen MR) is 94.5 cm³/mol. The van der Waals surface area contributed by atoms with Crippen molar-refractivity contribution in [1.82, 2.24) is 4.98 Å². The van der Waals surface area contributed by atoms with Gasteiger partial charge in [0.25, 0.3) is 5.91 Å². The standard InChI is InChI=1S/C17H20BrN3O/c1-3-4-8-19-16-11-13(7-9-20-16)17(22)21-15-6-5-12(2)10-14(15)18/h5-7,9-11H,3-4,8H2,1-2H3,(H,19,20)(H,21,22). The highest BCUT2D eigenvalue weighted by Crippen LogP contribution is 2.24. The summed E-state index contributed by atoms with van der Waals surface area (Å²) in [5, 5.41) is 6.13. The van der Waals surface area contributed by atoms with Gasteiger partial charge in [-0.15, -0.1) is 0 Å². The van der Waals surface area contributed by atoms with E-state index in [2.05, 4.69) is 38.5 Å². The molecule has 0 spiro atoms. The number of hydrogen-bond donors (Lipinski definition) is 2. The van der Waals surface area contributed by atoms with Crippen molar-refractivity contribution >= 4 is 33.3 Å². The average Bonchev–Trinajstić information content (AvgIpc) is 2.50. The average molecular weight is 362 g/mol. The molecule has 22 heavy (non-hydrogen) atoms. The summed E-state index contributed by atoms with van der Waals surface area (Å²) in [6, 6.07) is 9.30. The molecular weight excluding hydrogens is 342 g/mol. The van der Waals surface area contributed by atoms with Crippen molar-refractivity contribution in [2.45, 2.75) is 26.7 Å². The molecule has 2 aromatic rings. The van der Waals surface area contributed by atoms with Gasteiger partial charge in [0.15, 0.2) is 0 Å². The van der Waals surface area contributed by atoms with E-state index in [9.17, 15) is 4.79 Å². The van der Waals surface area contributed by atoms with E-state index in [0.29, 0.717) is 5.56 Å². The van der Waals surface area contributed by atoms with Crippen LogP contribution in [0.5, 0.6) is 0 Å². The van der Waals surface area contributed by atoms with Gasteiger partial charge in [0.2, 0.25) is 0 Å². The number of pyridine rings is 1. The van der Waals surface area contributed by atoms with Crippen LogP contribution in [0.2, 0.25) is 0 Å². The monoisotopic (exact) mass is 361 g/mol. The highest BCUT2D eigenvalue weighted by atomic mass is 79.9. The van der Waals surface area contributed by atoms with Gasteiger partial charge in [-0.2, -0.15) is 0 Å². The molecule has 2 rings (SSSR count). The maximum absolute atomic E-state index is 12.3. The van der Waals surface area contributed by atoms with Crippen molar-refractivity contribution < 1.29 is 4.79 Å². The number of anilines is 2. The first kappa shape index (κ1) is 16.5. The Morgan fingerprint density at radius 2 is 2.09 bits per heavy atom. The SMILES string of the molecule is CCCCNc1cc(C(=O)Nc2ccc(C)cc2Br)ccn1. The molecule has 2 N–H and O–H groups in total. The molecule has 5 heteroatoms. The highest BCUT2D eigenvalue weighted by Gasteiger charge is 2.09. The zero-order chi connectivity index (χ0) is 15.9. The van der Waals surface area contributed by atoms with Crippen LogP contribution in [0.1, 0.15) is 35.7 Å². The Hall–Kier alpha value is -1.88. The number of carbonyl (C=O) groups is 1. The molecule has 0 fully saturated rings. The van der Waals surface area contributed by atoms with E-state index in [1.165, 1.54) is 0 Å². The lowest BCUT2D eigenvalue weighted by molar-refractivity contribution is 0.102. The maximum Gasteiger partial charge on any atom is 0.255 e. The third-order valence-corrected chi connectivity index (χ3v) is 3.89. The summed E-state index contributed by atoms with van der Waals surface area (Å²) < 4.78 is 0.871. The smallest absolute Gasteiger partial charge is 0.255 e. The van der Waals surface area contributed by atoms with Crippen molar-refractivity contribution in [2.75, 3.05) is 17.2 Å². The van der Waals surface area contributed by atoms with Crippen molar-refractivity contribution in [3.63, 3.8) is 0 Å². The Bertz CT molecular complexity index is 658. The predicted octanol–water partition coefficient (Wildman–Crippen LogP) is 4.62. The van der Waals surface area contributed by atoms with E-state index in [1.54, 1.807) is 18.3 Å². The lowest BCUT2D eigenvalue weighted by Crippen LogP contribution is -2.13. The summed E-state index contributed by atoms with van der Waals surface area (Å²) in [5.41, 5.74) is 2.48. The molecule has 0 aliphatic carbocycles. The molecule has 0 unspecified atom stereocenters. The van der Waals surface area contributed by atoms with E-state index in [0.717, 1.165) is 40.9 Å². The summed E-state index contributed by atoms with van der Waals surface area (Å²) in [6.45, 7) is 5.00. The number of aryl methyl sites for hydroxylation is 1.